The minimum Gasteiger partial charge on any atom is -0.462 e. The first-order valence-electron chi connectivity index (χ1n) is 4.39. The number of hydrogen-bond acceptors (Lipinski definition) is 2. The van der Waals surface area contributed by atoms with E-state index in [1.54, 1.807) is 6.08 Å². The molecule has 4 heteroatoms. The first kappa shape index (κ1) is 11.4. The van der Waals surface area contributed by atoms with E-state index in [1.165, 1.54) is 6.07 Å². The van der Waals surface area contributed by atoms with Gasteiger partial charge in [0, 0.05) is 0 Å². The van der Waals surface area contributed by atoms with Gasteiger partial charge in [-0.05, 0) is 18.6 Å². The van der Waals surface area contributed by atoms with Crippen LogP contribution in [0.15, 0.2) is 30.9 Å². The summed E-state index contributed by atoms with van der Waals surface area (Å²) in [6.07, 6.45) is 1.99. The lowest BCUT2D eigenvalue weighted by atomic mass is 10.2. The zero-order valence-corrected chi connectivity index (χ0v) is 8.00. The molecule has 0 N–H and O–H groups in total. The third-order valence-corrected chi connectivity index (χ3v) is 1.72. The fourth-order valence-electron chi connectivity index (χ4n) is 1.000. The Hall–Kier alpha value is -1.71. The van der Waals surface area contributed by atoms with Gasteiger partial charge in [-0.3, -0.25) is 0 Å². The summed E-state index contributed by atoms with van der Waals surface area (Å²) < 4.78 is 30.7. The maximum atomic E-state index is 13.0. The fraction of sp³-hybridized carbons (Fsp3) is 0.182. The van der Waals surface area contributed by atoms with Gasteiger partial charge in [-0.1, -0.05) is 12.1 Å². The first-order valence-corrected chi connectivity index (χ1v) is 4.39. The van der Waals surface area contributed by atoms with Crippen LogP contribution in [-0.2, 0) is 4.74 Å². The van der Waals surface area contributed by atoms with Crippen molar-refractivity contribution in [2.45, 2.75) is 6.42 Å². The monoisotopic (exact) mass is 212 g/mol. The molecule has 1 aromatic rings. The Balaban J connectivity index is 2.77. The molecule has 0 saturated heterocycles. The highest BCUT2D eigenvalue weighted by molar-refractivity contribution is 5.89. The van der Waals surface area contributed by atoms with E-state index in [2.05, 4.69) is 11.3 Å². The Morgan fingerprint density at radius 3 is 2.53 bits per heavy atom. The van der Waals surface area contributed by atoms with Gasteiger partial charge < -0.3 is 4.74 Å². The number of hydrogen-bond donors (Lipinski definition) is 0. The second-order valence-corrected chi connectivity index (χ2v) is 2.81. The second kappa shape index (κ2) is 5.24. The van der Waals surface area contributed by atoms with E-state index in [-0.39, 0.29) is 6.61 Å². The van der Waals surface area contributed by atoms with Crippen LogP contribution < -0.4 is 0 Å². The second-order valence-electron chi connectivity index (χ2n) is 2.81. The predicted molar refractivity (Wildman–Crippen MR) is 51.5 cm³/mol. The summed E-state index contributed by atoms with van der Waals surface area (Å²) in [5, 5.41) is 0. The summed E-state index contributed by atoms with van der Waals surface area (Å²) in [4.78, 5) is 11.2. The summed E-state index contributed by atoms with van der Waals surface area (Å²) in [5.74, 6) is -2.83. The first-order chi connectivity index (χ1) is 7.16. The lowest BCUT2D eigenvalue weighted by Gasteiger charge is -2.04. The molecule has 0 heterocycles. The van der Waals surface area contributed by atoms with E-state index in [0.29, 0.717) is 6.42 Å². The van der Waals surface area contributed by atoms with Crippen molar-refractivity contribution < 1.29 is 18.3 Å². The summed E-state index contributed by atoms with van der Waals surface area (Å²) in [7, 11) is 0. The van der Waals surface area contributed by atoms with Crippen LogP contribution in [0.2, 0.25) is 0 Å². The number of ether oxygens (including phenoxy) is 1. The van der Waals surface area contributed by atoms with Crippen molar-refractivity contribution in [2.75, 3.05) is 6.61 Å². The van der Waals surface area contributed by atoms with Gasteiger partial charge in [0.2, 0.25) is 0 Å². The quantitative estimate of drug-likeness (QED) is 0.435. The zero-order valence-electron chi connectivity index (χ0n) is 8.00. The van der Waals surface area contributed by atoms with Gasteiger partial charge in [0.1, 0.15) is 17.2 Å². The molecule has 15 heavy (non-hydrogen) atoms. The molecule has 2 nitrogen and oxygen atoms in total. The van der Waals surface area contributed by atoms with Gasteiger partial charge in [-0.25, -0.2) is 13.6 Å². The van der Waals surface area contributed by atoms with Crippen molar-refractivity contribution in [1.29, 1.82) is 0 Å². The molecule has 0 saturated carbocycles. The fourth-order valence-corrected chi connectivity index (χ4v) is 1.000. The highest BCUT2D eigenvalue weighted by atomic mass is 19.1. The van der Waals surface area contributed by atoms with E-state index in [9.17, 15) is 13.6 Å². The van der Waals surface area contributed by atoms with Crippen molar-refractivity contribution in [3.63, 3.8) is 0 Å². The molecule has 0 aliphatic rings. The molecule has 0 aromatic heterocycles. The molecule has 1 aromatic carbocycles. The van der Waals surface area contributed by atoms with Gasteiger partial charge >= 0.3 is 5.97 Å². The average molecular weight is 212 g/mol. The van der Waals surface area contributed by atoms with E-state index < -0.39 is 23.2 Å². The van der Waals surface area contributed by atoms with Gasteiger partial charge in [-0.2, -0.15) is 0 Å². The summed E-state index contributed by atoms with van der Waals surface area (Å²) >= 11 is 0. The molecular weight excluding hydrogens is 202 g/mol. The molecule has 80 valence electrons. The molecule has 0 fully saturated rings. The summed E-state index contributed by atoms with van der Waals surface area (Å²) in [5.41, 5.74) is -0.651. The standard InChI is InChI=1S/C11H10F2O2/c1-2-3-7-15-11(14)10-8(12)5-4-6-9(10)13/h2,4-6H,1,3,7H2. The molecule has 0 aliphatic carbocycles. The van der Waals surface area contributed by atoms with E-state index >= 15 is 0 Å². The third-order valence-electron chi connectivity index (χ3n) is 1.72. The van der Waals surface area contributed by atoms with Crippen LogP contribution >= 0.6 is 0 Å². The van der Waals surface area contributed by atoms with Crippen molar-refractivity contribution in [1.82, 2.24) is 0 Å². The van der Waals surface area contributed by atoms with Crippen molar-refractivity contribution in [2.24, 2.45) is 0 Å². The minimum atomic E-state index is -0.993. The number of halogens is 2. The highest BCUT2D eigenvalue weighted by Gasteiger charge is 2.17. The Kier molecular flexibility index (Phi) is 3.97. The number of benzene rings is 1. The van der Waals surface area contributed by atoms with Gasteiger partial charge in [0.15, 0.2) is 0 Å². The molecule has 0 atom stereocenters. The van der Waals surface area contributed by atoms with Crippen molar-refractivity contribution in [3.05, 3.63) is 48.1 Å². The molecule has 0 spiro atoms. The summed E-state index contributed by atoms with van der Waals surface area (Å²) in [6, 6.07) is 3.20. The van der Waals surface area contributed by atoms with Crippen LogP contribution in [-0.4, -0.2) is 12.6 Å². The minimum absolute atomic E-state index is 0.0656. The predicted octanol–water partition coefficient (Wildman–Crippen LogP) is 2.70. The normalized spacial score (nSPS) is 9.73. The molecule has 0 aliphatic heterocycles. The topological polar surface area (TPSA) is 26.3 Å². The average Bonchev–Trinajstić information content (AvgIpc) is 2.18. The van der Waals surface area contributed by atoms with Gasteiger partial charge in [-0.15, -0.1) is 6.58 Å². The van der Waals surface area contributed by atoms with Crippen LogP contribution in [0.1, 0.15) is 16.8 Å². The number of rotatable bonds is 4. The molecule has 1 rings (SSSR count). The molecule has 0 amide bonds. The van der Waals surface area contributed by atoms with Crippen molar-refractivity contribution in [3.8, 4) is 0 Å². The molecule has 0 unspecified atom stereocenters. The highest BCUT2D eigenvalue weighted by Crippen LogP contribution is 2.13. The Labute approximate surface area is 86.2 Å². The Morgan fingerprint density at radius 1 is 1.40 bits per heavy atom. The van der Waals surface area contributed by atoms with Gasteiger partial charge in [0.05, 0.1) is 6.61 Å². The van der Waals surface area contributed by atoms with Crippen LogP contribution in [0.5, 0.6) is 0 Å². The van der Waals surface area contributed by atoms with E-state index in [1.807, 2.05) is 0 Å². The maximum Gasteiger partial charge on any atom is 0.344 e. The van der Waals surface area contributed by atoms with Crippen LogP contribution in [0.3, 0.4) is 0 Å². The Morgan fingerprint density at radius 2 is 2.00 bits per heavy atom. The molecule has 0 radical (unpaired) electrons. The number of carbonyl (C=O) groups excluding carboxylic acids is 1. The lowest BCUT2D eigenvalue weighted by Crippen LogP contribution is -2.10. The van der Waals surface area contributed by atoms with Gasteiger partial charge in [0.25, 0.3) is 0 Å². The Bertz CT molecular complexity index is 355. The SMILES string of the molecule is C=CCCOC(=O)c1c(F)cccc1F. The van der Waals surface area contributed by atoms with E-state index in [4.69, 9.17) is 0 Å². The number of esters is 1. The largest absolute Gasteiger partial charge is 0.462 e. The lowest BCUT2D eigenvalue weighted by molar-refractivity contribution is 0.0500. The van der Waals surface area contributed by atoms with Crippen molar-refractivity contribution >= 4 is 5.97 Å². The maximum absolute atomic E-state index is 13.0. The number of carbonyl (C=O) groups is 1. The van der Waals surface area contributed by atoms with E-state index in [0.717, 1.165) is 12.1 Å². The molecular formula is C11H10F2O2. The third kappa shape index (κ3) is 2.87. The summed E-state index contributed by atoms with van der Waals surface area (Å²) in [6.45, 7) is 3.49. The van der Waals surface area contributed by atoms with Crippen LogP contribution in [0.25, 0.3) is 0 Å². The van der Waals surface area contributed by atoms with Crippen LogP contribution in [0, 0.1) is 11.6 Å². The van der Waals surface area contributed by atoms with Crippen LogP contribution in [0.4, 0.5) is 8.78 Å². The molecule has 0 bridgehead atoms. The smallest absolute Gasteiger partial charge is 0.344 e. The zero-order chi connectivity index (χ0) is 11.3.